The van der Waals surface area contributed by atoms with Crippen molar-refractivity contribution in [3.63, 3.8) is 0 Å². The summed E-state index contributed by atoms with van der Waals surface area (Å²) < 4.78 is 0. The van der Waals surface area contributed by atoms with E-state index in [4.69, 9.17) is 5.11 Å². The zero-order valence-corrected chi connectivity index (χ0v) is 10.1. The fourth-order valence-corrected chi connectivity index (χ4v) is 1.18. The zero-order valence-electron chi connectivity index (χ0n) is 10.1. The second kappa shape index (κ2) is 4.63. The second-order valence-electron chi connectivity index (χ2n) is 4.55. The number of nitrogens with one attached hydrogen (secondary N) is 1. The van der Waals surface area contributed by atoms with Crippen LogP contribution in [0.5, 0.6) is 11.5 Å². The Morgan fingerprint density at radius 1 is 1.35 bits per heavy atom. The Morgan fingerprint density at radius 2 is 1.94 bits per heavy atom. The minimum absolute atomic E-state index is 0.0523. The van der Waals surface area contributed by atoms with Crippen molar-refractivity contribution in [1.82, 2.24) is 5.32 Å². The fraction of sp³-hybridized carbons (Fsp3) is 0.417. The van der Waals surface area contributed by atoms with Gasteiger partial charge in [0.05, 0.1) is 17.2 Å². The summed E-state index contributed by atoms with van der Waals surface area (Å²) in [5, 5.41) is 30.7. The van der Waals surface area contributed by atoms with Gasteiger partial charge >= 0.3 is 0 Å². The van der Waals surface area contributed by atoms with E-state index in [-0.39, 0.29) is 17.1 Å². The van der Waals surface area contributed by atoms with Gasteiger partial charge < -0.3 is 20.6 Å². The number of amides is 1. The third kappa shape index (κ3) is 3.10. The average Bonchev–Trinajstić information content (AvgIpc) is 2.15. The van der Waals surface area contributed by atoms with Gasteiger partial charge in [0.15, 0.2) is 0 Å². The number of phenols is 2. The van der Waals surface area contributed by atoms with Crippen molar-refractivity contribution >= 4 is 5.91 Å². The van der Waals surface area contributed by atoms with Gasteiger partial charge in [0, 0.05) is 6.07 Å². The minimum Gasteiger partial charge on any atom is -0.508 e. The van der Waals surface area contributed by atoms with Crippen LogP contribution in [0.2, 0.25) is 0 Å². The molecule has 1 aromatic carbocycles. The van der Waals surface area contributed by atoms with Crippen molar-refractivity contribution in [2.24, 2.45) is 0 Å². The highest BCUT2D eigenvalue weighted by atomic mass is 16.3. The monoisotopic (exact) mass is 239 g/mol. The van der Waals surface area contributed by atoms with Gasteiger partial charge in [-0.2, -0.15) is 0 Å². The summed E-state index contributed by atoms with van der Waals surface area (Å²) >= 11 is 0. The van der Waals surface area contributed by atoms with Crippen LogP contribution in [0.1, 0.15) is 31.1 Å². The molecule has 0 aliphatic carbocycles. The van der Waals surface area contributed by atoms with E-state index in [0.717, 1.165) is 6.07 Å². The normalized spacial score (nSPS) is 13.2. The number of benzene rings is 1. The van der Waals surface area contributed by atoms with E-state index in [9.17, 15) is 15.0 Å². The highest BCUT2D eigenvalue weighted by Gasteiger charge is 2.27. The van der Waals surface area contributed by atoms with Crippen molar-refractivity contribution in [2.45, 2.75) is 32.4 Å². The van der Waals surface area contributed by atoms with Crippen molar-refractivity contribution < 1.29 is 20.1 Å². The highest BCUT2D eigenvalue weighted by molar-refractivity contribution is 5.97. The molecule has 0 saturated heterocycles. The van der Waals surface area contributed by atoms with Gasteiger partial charge in [-0.05, 0) is 32.9 Å². The third-order valence-electron chi connectivity index (χ3n) is 2.71. The molecule has 5 heteroatoms. The lowest BCUT2D eigenvalue weighted by molar-refractivity contribution is 0.0707. The summed E-state index contributed by atoms with van der Waals surface area (Å²) in [7, 11) is 0. The highest BCUT2D eigenvalue weighted by Crippen LogP contribution is 2.23. The van der Waals surface area contributed by atoms with Gasteiger partial charge in [0.2, 0.25) is 0 Å². The molecule has 0 spiro atoms. The molecule has 0 aliphatic heterocycles. The summed E-state index contributed by atoms with van der Waals surface area (Å²) in [5.41, 5.74) is -0.752. The van der Waals surface area contributed by atoms with Crippen LogP contribution in [0.4, 0.5) is 0 Å². The van der Waals surface area contributed by atoms with Gasteiger partial charge in [0.1, 0.15) is 11.5 Å². The van der Waals surface area contributed by atoms with Crippen LogP contribution in [-0.4, -0.2) is 32.9 Å². The van der Waals surface area contributed by atoms with Crippen LogP contribution in [-0.2, 0) is 0 Å². The summed E-state index contributed by atoms with van der Waals surface area (Å²) in [6.45, 7) is 4.91. The predicted molar refractivity (Wildman–Crippen MR) is 63.0 cm³/mol. The maximum absolute atomic E-state index is 11.8. The average molecular weight is 239 g/mol. The molecule has 0 aromatic heterocycles. The van der Waals surface area contributed by atoms with Gasteiger partial charge in [-0.25, -0.2) is 0 Å². The lowest BCUT2D eigenvalue weighted by atomic mass is 9.98. The van der Waals surface area contributed by atoms with Gasteiger partial charge in [0.25, 0.3) is 5.91 Å². The number of carbonyl (C=O) groups excluding carboxylic acids is 1. The summed E-state index contributed by atoms with van der Waals surface area (Å²) in [4.78, 5) is 11.8. The first-order valence-corrected chi connectivity index (χ1v) is 5.26. The van der Waals surface area contributed by atoms with E-state index in [1.54, 1.807) is 20.8 Å². The topological polar surface area (TPSA) is 89.8 Å². The molecule has 4 N–H and O–H groups in total. The molecule has 1 rings (SSSR count). The molecule has 5 nitrogen and oxygen atoms in total. The summed E-state index contributed by atoms with van der Waals surface area (Å²) in [6.07, 6.45) is -0.731. The van der Waals surface area contributed by atoms with Crippen molar-refractivity contribution in [3.05, 3.63) is 23.8 Å². The van der Waals surface area contributed by atoms with Gasteiger partial charge in [-0.15, -0.1) is 0 Å². The zero-order chi connectivity index (χ0) is 13.2. The summed E-state index contributed by atoms with van der Waals surface area (Å²) in [5.74, 6) is -0.925. The smallest absolute Gasteiger partial charge is 0.255 e. The van der Waals surface area contributed by atoms with Crippen LogP contribution in [0, 0.1) is 0 Å². The lowest BCUT2D eigenvalue weighted by Crippen LogP contribution is -2.50. The molecule has 0 bridgehead atoms. The van der Waals surface area contributed by atoms with E-state index < -0.39 is 17.6 Å². The molecule has 1 unspecified atom stereocenters. The van der Waals surface area contributed by atoms with E-state index in [0.29, 0.717) is 0 Å². The molecule has 0 saturated carbocycles. The Labute approximate surface area is 99.7 Å². The molecular weight excluding hydrogens is 222 g/mol. The molecule has 0 aliphatic rings. The number of aromatic hydroxyl groups is 2. The molecular formula is C12H17NO4. The maximum Gasteiger partial charge on any atom is 0.255 e. The van der Waals surface area contributed by atoms with Crippen LogP contribution in [0.3, 0.4) is 0 Å². The van der Waals surface area contributed by atoms with Crippen LogP contribution in [0.15, 0.2) is 18.2 Å². The van der Waals surface area contributed by atoms with Gasteiger partial charge in [-0.1, -0.05) is 0 Å². The van der Waals surface area contributed by atoms with E-state index in [2.05, 4.69) is 5.32 Å². The van der Waals surface area contributed by atoms with Crippen molar-refractivity contribution in [3.8, 4) is 11.5 Å². The maximum atomic E-state index is 11.8. The Hall–Kier alpha value is -1.75. The van der Waals surface area contributed by atoms with Crippen molar-refractivity contribution in [1.29, 1.82) is 0 Å². The minimum atomic E-state index is -0.804. The third-order valence-corrected chi connectivity index (χ3v) is 2.71. The Balaban J connectivity index is 2.91. The first-order chi connectivity index (χ1) is 7.74. The predicted octanol–water partition coefficient (Wildman–Crippen LogP) is 0.987. The summed E-state index contributed by atoms with van der Waals surface area (Å²) in [6, 6.07) is 3.71. The number of carbonyl (C=O) groups is 1. The standard InChI is InChI=1S/C12H17NO4/c1-7(14)12(2,3)13-11(17)9-5-4-8(15)6-10(9)16/h4-7,14-16H,1-3H3,(H,13,17). The number of hydrogen-bond donors (Lipinski definition) is 4. The Kier molecular flexibility index (Phi) is 3.63. The molecule has 0 heterocycles. The van der Waals surface area contributed by atoms with E-state index in [1.165, 1.54) is 12.1 Å². The molecule has 1 atom stereocenters. The van der Waals surface area contributed by atoms with Gasteiger partial charge in [-0.3, -0.25) is 4.79 Å². The first-order valence-electron chi connectivity index (χ1n) is 5.26. The number of hydrogen-bond acceptors (Lipinski definition) is 4. The molecule has 94 valence electrons. The Bertz CT molecular complexity index is 427. The number of aliphatic hydroxyl groups excluding tert-OH is 1. The molecule has 0 radical (unpaired) electrons. The SMILES string of the molecule is CC(O)C(C)(C)NC(=O)c1ccc(O)cc1O. The van der Waals surface area contributed by atoms with E-state index >= 15 is 0 Å². The molecule has 17 heavy (non-hydrogen) atoms. The van der Waals surface area contributed by atoms with Crippen LogP contribution < -0.4 is 5.32 Å². The first kappa shape index (κ1) is 13.3. The molecule has 0 fully saturated rings. The lowest BCUT2D eigenvalue weighted by Gasteiger charge is -2.29. The van der Waals surface area contributed by atoms with E-state index in [1.807, 2.05) is 0 Å². The number of rotatable bonds is 3. The number of aliphatic hydroxyl groups is 1. The largest absolute Gasteiger partial charge is 0.508 e. The van der Waals surface area contributed by atoms with Crippen molar-refractivity contribution in [2.75, 3.05) is 0 Å². The van der Waals surface area contributed by atoms with Crippen LogP contribution >= 0.6 is 0 Å². The quantitative estimate of drug-likeness (QED) is 0.633. The van der Waals surface area contributed by atoms with Crippen LogP contribution in [0.25, 0.3) is 0 Å². The fourth-order valence-electron chi connectivity index (χ4n) is 1.18. The number of phenolic OH excluding ortho intramolecular Hbond substituents is 2. The molecule has 1 aromatic rings. The second-order valence-corrected chi connectivity index (χ2v) is 4.55. The Morgan fingerprint density at radius 3 is 2.41 bits per heavy atom. The molecule has 1 amide bonds.